The van der Waals surface area contributed by atoms with Crippen LogP contribution in [0.2, 0.25) is 0 Å². The Balaban J connectivity index is 2.43. The maximum Gasteiger partial charge on any atom is 0.200 e. The Morgan fingerprint density at radius 1 is 1.53 bits per heavy atom. The fourth-order valence-corrected chi connectivity index (χ4v) is 1.31. The third-order valence-electron chi connectivity index (χ3n) is 2.13. The highest BCUT2D eigenvalue weighted by molar-refractivity contribution is 5.49. The second kappa shape index (κ2) is 4.59. The van der Waals surface area contributed by atoms with Crippen LogP contribution in [0.4, 0.5) is 0 Å². The van der Waals surface area contributed by atoms with Crippen LogP contribution in [0.3, 0.4) is 0 Å². The van der Waals surface area contributed by atoms with Gasteiger partial charge in [-0.2, -0.15) is 5.26 Å². The van der Waals surface area contributed by atoms with E-state index in [-0.39, 0.29) is 12.4 Å². The van der Waals surface area contributed by atoms with Gasteiger partial charge in [0.05, 0.1) is 18.4 Å². The number of aliphatic hydroxyl groups is 1. The van der Waals surface area contributed by atoms with Crippen molar-refractivity contribution in [3.05, 3.63) is 29.6 Å². The molecule has 1 aromatic carbocycles. The summed E-state index contributed by atoms with van der Waals surface area (Å²) in [4.78, 5) is 1.26. The van der Waals surface area contributed by atoms with Crippen molar-refractivity contribution < 1.29 is 9.84 Å². The van der Waals surface area contributed by atoms with Crippen LogP contribution in [-0.2, 0) is 6.61 Å². The Kier molecular flexibility index (Phi) is 2.98. The Labute approximate surface area is 96.9 Å². The van der Waals surface area contributed by atoms with Gasteiger partial charge in [-0.3, -0.25) is 0 Å². The molecule has 0 amide bonds. The van der Waals surface area contributed by atoms with Crippen LogP contribution in [-0.4, -0.2) is 32.4 Å². The number of tetrazole rings is 1. The van der Waals surface area contributed by atoms with E-state index in [2.05, 4.69) is 15.4 Å². The van der Waals surface area contributed by atoms with Crippen molar-refractivity contribution in [3.8, 4) is 17.5 Å². The normalized spacial score (nSPS) is 9.94. The van der Waals surface area contributed by atoms with Crippen molar-refractivity contribution >= 4 is 0 Å². The lowest BCUT2D eigenvalue weighted by atomic mass is 10.2. The van der Waals surface area contributed by atoms with E-state index in [1.165, 1.54) is 11.9 Å². The van der Waals surface area contributed by atoms with Crippen LogP contribution >= 0.6 is 0 Å². The smallest absolute Gasteiger partial charge is 0.200 e. The summed E-state index contributed by atoms with van der Waals surface area (Å²) >= 11 is 0. The Morgan fingerprint density at radius 2 is 2.35 bits per heavy atom. The SMILES string of the molecule is COc1cc(-n2nnc(CO)n2)ccc1C#N. The number of methoxy groups -OCH3 is 1. The van der Waals surface area contributed by atoms with Gasteiger partial charge in [0.15, 0.2) is 0 Å². The topological polar surface area (TPSA) is 96.8 Å². The average molecular weight is 231 g/mol. The summed E-state index contributed by atoms with van der Waals surface area (Å²) in [5, 5.41) is 29.0. The number of nitriles is 1. The molecular formula is C10H9N5O2. The van der Waals surface area contributed by atoms with E-state index < -0.39 is 0 Å². The van der Waals surface area contributed by atoms with Crippen LogP contribution in [0, 0.1) is 11.3 Å². The number of rotatable bonds is 3. The van der Waals surface area contributed by atoms with Gasteiger partial charge in [0.2, 0.25) is 5.82 Å². The fourth-order valence-electron chi connectivity index (χ4n) is 1.31. The minimum atomic E-state index is -0.270. The predicted molar refractivity (Wildman–Crippen MR) is 56.3 cm³/mol. The maximum absolute atomic E-state index is 8.84. The number of hydrogen-bond acceptors (Lipinski definition) is 6. The van der Waals surface area contributed by atoms with E-state index in [9.17, 15) is 0 Å². The monoisotopic (exact) mass is 231 g/mol. The molecule has 0 aliphatic carbocycles. The Bertz CT molecular complexity index is 572. The molecule has 0 unspecified atom stereocenters. The van der Waals surface area contributed by atoms with Gasteiger partial charge in [-0.25, -0.2) is 0 Å². The minimum absolute atomic E-state index is 0.230. The highest BCUT2D eigenvalue weighted by Gasteiger charge is 2.08. The molecule has 2 aromatic rings. The quantitative estimate of drug-likeness (QED) is 0.800. The summed E-state index contributed by atoms with van der Waals surface area (Å²) in [5.41, 5.74) is 1.03. The van der Waals surface area contributed by atoms with E-state index in [4.69, 9.17) is 15.1 Å². The summed E-state index contributed by atoms with van der Waals surface area (Å²) in [6.07, 6.45) is 0. The summed E-state index contributed by atoms with van der Waals surface area (Å²) in [6, 6.07) is 6.92. The number of aromatic nitrogens is 4. The molecule has 2 rings (SSSR count). The molecule has 86 valence electrons. The van der Waals surface area contributed by atoms with Gasteiger partial charge in [-0.1, -0.05) is 0 Å². The second-order valence-electron chi connectivity index (χ2n) is 3.15. The van der Waals surface area contributed by atoms with Crippen molar-refractivity contribution in [1.29, 1.82) is 5.26 Å². The highest BCUT2D eigenvalue weighted by Crippen LogP contribution is 2.20. The first kappa shape index (κ1) is 11.0. The first-order valence-corrected chi connectivity index (χ1v) is 4.76. The van der Waals surface area contributed by atoms with Crippen LogP contribution in [0.1, 0.15) is 11.4 Å². The van der Waals surface area contributed by atoms with E-state index in [0.717, 1.165) is 0 Å². The van der Waals surface area contributed by atoms with Crippen LogP contribution < -0.4 is 4.74 Å². The molecule has 1 N–H and O–H groups in total. The Morgan fingerprint density at radius 3 is 2.94 bits per heavy atom. The van der Waals surface area contributed by atoms with Gasteiger partial charge in [-0.15, -0.1) is 15.0 Å². The zero-order chi connectivity index (χ0) is 12.3. The molecule has 0 aliphatic rings. The van der Waals surface area contributed by atoms with Crippen LogP contribution in [0.5, 0.6) is 5.75 Å². The van der Waals surface area contributed by atoms with Crippen molar-refractivity contribution in [1.82, 2.24) is 20.2 Å². The maximum atomic E-state index is 8.84. The number of benzene rings is 1. The summed E-state index contributed by atoms with van der Waals surface area (Å²) < 4.78 is 5.07. The summed E-state index contributed by atoms with van der Waals surface area (Å²) in [5.74, 6) is 0.668. The molecule has 0 atom stereocenters. The highest BCUT2D eigenvalue weighted by atomic mass is 16.5. The minimum Gasteiger partial charge on any atom is -0.495 e. The van der Waals surface area contributed by atoms with Gasteiger partial charge in [0.25, 0.3) is 0 Å². The lowest BCUT2D eigenvalue weighted by Gasteiger charge is -2.04. The third-order valence-corrected chi connectivity index (χ3v) is 2.13. The van der Waals surface area contributed by atoms with Crippen LogP contribution in [0.15, 0.2) is 18.2 Å². The lowest BCUT2D eigenvalue weighted by molar-refractivity contribution is 0.271. The zero-order valence-electron chi connectivity index (χ0n) is 9.03. The molecule has 0 fully saturated rings. The van der Waals surface area contributed by atoms with E-state index in [1.807, 2.05) is 6.07 Å². The molecule has 0 spiro atoms. The van der Waals surface area contributed by atoms with Crippen molar-refractivity contribution in [3.63, 3.8) is 0 Å². The molecule has 0 bridgehead atoms. The molecule has 0 saturated heterocycles. The third kappa shape index (κ3) is 2.07. The molecule has 1 heterocycles. The summed E-state index contributed by atoms with van der Waals surface area (Å²) in [7, 11) is 1.48. The molecular weight excluding hydrogens is 222 g/mol. The number of aliphatic hydroxyl groups excluding tert-OH is 1. The van der Waals surface area contributed by atoms with E-state index in [0.29, 0.717) is 17.0 Å². The largest absolute Gasteiger partial charge is 0.495 e. The lowest BCUT2D eigenvalue weighted by Crippen LogP contribution is -2.00. The van der Waals surface area contributed by atoms with Gasteiger partial charge in [0, 0.05) is 6.07 Å². The number of nitrogens with zero attached hydrogens (tertiary/aromatic N) is 5. The zero-order valence-corrected chi connectivity index (χ0v) is 9.03. The van der Waals surface area contributed by atoms with Gasteiger partial charge in [0.1, 0.15) is 18.4 Å². The molecule has 1 aromatic heterocycles. The number of ether oxygens (including phenoxy) is 1. The van der Waals surface area contributed by atoms with Crippen molar-refractivity contribution in [2.45, 2.75) is 6.61 Å². The first-order valence-electron chi connectivity index (χ1n) is 4.76. The van der Waals surface area contributed by atoms with Gasteiger partial charge in [-0.05, 0) is 17.3 Å². The standard InChI is InChI=1S/C10H9N5O2/c1-17-9-4-8(3-2-7(9)5-11)15-13-10(6-16)12-14-15/h2-4,16H,6H2,1H3. The average Bonchev–Trinajstić information content (AvgIpc) is 2.86. The number of hydrogen-bond donors (Lipinski definition) is 1. The van der Waals surface area contributed by atoms with E-state index >= 15 is 0 Å². The fraction of sp³-hybridized carbons (Fsp3) is 0.200. The van der Waals surface area contributed by atoms with Gasteiger partial charge < -0.3 is 9.84 Å². The van der Waals surface area contributed by atoms with Crippen molar-refractivity contribution in [2.24, 2.45) is 0 Å². The van der Waals surface area contributed by atoms with E-state index in [1.54, 1.807) is 18.2 Å². The molecule has 7 heteroatoms. The second-order valence-corrected chi connectivity index (χ2v) is 3.15. The molecule has 0 aliphatic heterocycles. The van der Waals surface area contributed by atoms with Crippen LogP contribution in [0.25, 0.3) is 5.69 Å². The molecule has 17 heavy (non-hydrogen) atoms. The Hall–Kier alpha value is -2.46. The molecule has 7 nitrogen and oxygen atoms in total. The van der Waals surface area contributed by atoms with Gasteiger partial charge >= 0.3 is 0 Å². The summed E-state index contributed by atoms with van der Waals surface area (Å²) in [6.45, 7) is -0.270. The molecule has 0 radical (unpaired) electrons. The van der Waals surface area contributed by atoms with Crippen molar-refractivity contribution in [2.75, 3.05) is 7.11 Å². The predicted octanol–water partition coefficient (Wildman–Crippen LogP) is 0.0349. The molecule has 0 saturated carbocycles. The first-order chi connectivity index (χ1) is 8.28.